The first kappa shape index (κ1) is 23.9. The normalized spacial score (nSPS) is 12.3. The Morgan fingerprint density at radius 2 is 1.83 bits per heavy atom. The first-order valence-electron chi connectivity index (χ1n) is 9.33. The van der Waals surface area contributed by atoms with Crippen LogP contribution in [0.4, 0.5) is 0 Å². The summed E-state index contributed by atoms with van der Waals surface area (Å²) in [5.41, 5.74) is -0.258. The summed E-state index contributed by atoms with van der Waals surface area (Å²) in [6.45, 7) is 5.88. The van der Waals surface area contributed by atoms with E-state index in [4.69, 9.17) is 9.84 Å². The molecule has 0 atom stereocenters. The molecule has 0 saturated carbocycles. The average molecular weight is 504 g/mol. The number of hydrogen-bond acceptors (Lipinski definition) is 5. The Morgan fingerprint density at radius 3 is 2.34 bits per heavy atom. The minimum absolute atomic E-state index is 0.348. The van der Waals surface area contributed by atoms with E-state index in [0.717, 1.165) is 15.8 Å². The maximum atomic E-state index is 12.9. The summed E-state index contributed by atoms with van der Waals surface area (Å²) in [4.78, 5) is 11.2. The highest BCUT2D eigenvalue weighted by Crippen LogP contribution is 2.29. The van der Waals surface area contributed by atoms with Gasteiger partial charge in [-0.3, -0.25) is 0 Å². The maximum absolute atomic E-state index is 12.9. The molecule has 0 bridgehead atoms. The summed E-state index contributed by atoms with van der Waals surface area (Å²) >= 11 is 4.54. The Kier molecular flexibility index (Phi) is 8.28. The molecule has 0 aliphatic rings. The molecule has 9 heteroatoms. The van der Waals surface area contributed by atoms with Crippen LogP contribution >= 0.6 is 27.3 Å². The number of rotatable bonds is 11. The summed E-state index contributed by atoms with van der Waals surface area (Å²) in [6, 6.07) is 10.6. The number of carbonyl (C=O) groups is 1. The zero-order chi connectivity index (χ0) is 21.7. The lowest BCUT2D eigenvalue weighted by Crippen LogP contribution is -2.37. The van der Waals surface area contributed by atoms with Gasteiger partial charge >= 0.3 is 5.97 Å². The highest BCUT2D eigenvalue weighted by molar-refractivity contribution is 9.11. The van der Waals surface area contributed by atoms with Crippen LogP contribution in [0.3, 0.4) is 0 Å². The third-order valence-corrected chi connectivity index (χ3v) is 8.29. The number of carboxylic acid groups (broad SMARTS) is 1. The fraction of sp³-hybridized carbons (Fsp3) is 0.450. The van der Waals surface area contributed by atoms with Crippen molar-refractivity contribution in [2.45, 2.75) is 49.8 Å². The van der Waals surface area contributed by atoms with Gasteiger partial charge in [-0.15, -0.1) is 11.3 Å². The third-order valence-electron chi connectivity index (χ3n) is 4.30. The number of nitrogens with zero attached hydrogens (tertiary/aromatic N) is 1. The summed E-state index contributed by atoms with van der Waals surface area (Å²) in [5, 5.41) is 9.14. The predicted molar refractivity (Wildman–Crippen MR) is 118 cm³/mol. The monoisotopic (exact) mass is 503 g/mol. The molecule has 1 N–H and O–H groups in total. The van der Waals surface area contributed by atoms with Gasteiger partial charge in [0.2, 0.25) is 0 Å². The first-order chi connectivity index (χ1) is 13.6. The number of aryl methyl sites for hydroxylation is 1. The van der Waals surface area contributed by atoms with E-state index in [-0.39, 0.29) is 0 Å². The zero-order valence-corrected chi connectivity index (χ0v) is 19.9. The molecule has 0 aliphatic carbocycles. The van der Waals surface area contributed by atoms with Gasteiger partial charge in [-0.25, -0.2) is 13.2 Å². The molecule has 1 heterocycles. The Labute approximate surface area is 184 Å². The summed E-state index contributed by atoms with van der Waals surface area (Å²) in [5.74, 6) is -0.545. The van der Waals surface area contributed by atoms with E-state index >= 15 is 0 Å². The van der Waals surface area contributed by atoms with Crippen LogP contribution in [0.25, 0.3) is 0 Å². The number of hydrogen-bond donors (Lipinski definition) is 1. The van der Waals surface area contributed by atoms with Gasteiger partial charge in [0.25, 0.3) is 10.0 Å². The Balaban J connectivity index is 1.97. The molecule has 0 aliphatic heterocycles. The highest BCUT2D eigenvalue weighted by atomic mass is 79.9. The van der Waals surface area contributed by atoms with Crippen molar-refractivity contribution in [3.8, 4) is 5.75 Å². The number of halogens is 1. The smallest absolute Gasteiger partial charge is 0.347 e. The van der Waals surface area contributed by atoms with E-state index in [2.05, 4.69) is 15.9 Å². The fourth-order valence-corrected chi connectivity index (χ4v) is 6.42. The van der Waals surface area contributed by atoms with Crippen LogP contribution in [0.2, 0.25) is 0 Å². The maximum Gasteiger partial charge on any atom is 0.347 e. The van der Waals surface area contributed by atoms with Crippen LogP contribution in [0.5, 0.6) is 5.75 Å². The summed E-state index contributed by atoms with van der Waals surface area (Å²) < 4.78 is 33.9. The largest absolute Gasteiger partial charge is 0.478 e. The SMILES string of the molecule is CCCN(CCCc1ccc(OC(C)(C)C(=O)O)cc1)S(=O)(=O)c1ccc(Br)s1. The molecular formula is C20H26BrNO5S2. The topological polar surface area (TPSA) is 83.9 Å². The van der Waals surface area contributed by atoms with E-state index in [1.54, 1.807) is 24.3 Å². The van der Waals surface area contributed by atoms with Crippen molar-refractivity contribution >= 4 is 43.3 Å². The van der Waals surface area contributed by atoms with Gasteiger partial charge in [-0.05, 0) is 78.9 Å². The molecule has 0 radical (unpaired) electrons. The molecule has 0 amide bonds. The van der Waals surface area contributed by atoms with Crippen molar-refractivity contribution in [1.82, 2.24) is 4.31 Å². The minimum atomic E-state index is -3.49. The van der Waals surface area contributed by atoms with Gasteiger partial charge in [0, 0.05) is 13.1 Å². The molecule has 29 heavy (non-hydrogen) atoms. The van der Waals surface area contributed by atoms with Crippen LogP contribution in [-0.4, -0.2) is 42.5 Å². The fourth-order valence-electron chi connectivity index (χ4n) is 2.69. The van der Waals surface area contributed by atoms with Gasteiger partial charge in [0.05, 0.1) is 3.79 Å². The molecular weight excluding hydrogens is 478 g/mol. The van der Waals surface area contributed by atoms with Crippen molar-refractivity contribution in [2.24, 2.45) is 0 Å². The standard InChI is InChI=1S/C20H26BrNO5S2/c1-4-13-22(29(25,26)18-12-11-17(21)28-18)14-5-6-15-7-9-16(10-8-15)27-20(2,3)19(23)24/h7-12H,4-6,13-14H2,1-3H3,(H,23,24). The number of benzene rings is 1. The number of thiophene rings is 1. The van der Waals surface area contributed by atoms with Crippen molar-refractivity contribution < 1.29 is 23.1 Å². The van der Waals surface area contributed by atoms with Crippen molar-refractivity contribution in [3.63, 3.8) is 0 Å². The van der Waals surface area contributed by atoms with Crippen LogP contribution in [-0.2, 0) is 21.2 Å². The van der Waals surface area contributed by atoms with E-state index < -0.39 is 21.6 Å². The van der Waals surface area contributed by atoms with E-state index in [0.29, 0.717) is 35.9 Å². The number of aliphatic carboxylic acids is 1. The van der Waals surface area contributed by atoms with E-state index in [1.807, 2.05) is 19.1 Å². The van der Waals surface area contributed by atoms with E-state index in [1.165, 1.54) is 29.5 Å². The molecule has 0 unspecified atom stereocenters. The average Bonchev–Trinajstić information content (AvgIpc) is 3.09. The summed E-state index contributed by atoms with van der Waals surface area (Å²) in [7, 11) is -3.49. The van der Waals surface area contributed by atoms with Crippen LogP contribution in [0.1, 0.15) is 39.2 Å². The second kappa shape index (κ2) is 10.1. The highest BCUT2D eigenvalue weighted by Gasteiger charge is 2.29. The molecule has 1 aromatic heterocycles. The summed E-state index contributed by atoms with van der Waals surface area (Å²) in [6.07, 6.45) is 2.15. The Morgan fingerprint density at radius 1 is 1.17 bits per heavy atom. The minimum Gasteiger partial charge on any atom is -0.478 e. The van der Waals surface area contributed by atoms with Gasteiger partial charge in [-0.2, -0.15) is 4.31 Å². The third kappa shape index (κ3) is 6.53. The number of ether oxygens (including phenoxy) is 1. The molecule has 6 nitrogen and oxygen atoms in total. The van der Waals surface area contributed by atoms with Crippen molar-refractivity contribution in [3.05, 3.63) is 45.7 Å². The van der Waals surface area contributed by atoms with Crippen LogP contribution in [0.15, 0.2) is 44.4 Å². The molecule has 2 aromatic rings. The number of sulfonamides is 1. The predicted octanol–water partition coefficient (Wildman–Crippen LogP) is 4.79. The lowest BCUT2D eigenvalue weighted by Gasteiger charge is -2.22. The second-order valence-corrected chi connectivity index (χ2v) is 11.8. The lowest BCUT2D eigenvalue weighted by atomic mass is 10.1. The van der Waals surface area contributed by atoms with Crippen LogP contribution < -0.4 is 4.74 Å². The van der Waals surface area contributed by atoms with E-state index in [9.17, 15) is 13.2 Å². The van der Waals surface area contributed by atoms with Gasteiger partial charge in [0.1, 0.15) is 9.96 Å². The Hall–Kier alpha value is -1.42. The molecule has 2 rings (SSSR count). The first-order valence-corrected chi connectivity index (χ1v) is 12.4. The lowest BCUT2D eigenvalue weighted by molar-refractivity contribution is -0.152. The molecule has 0 fully saturated rings. The second-order valence-electron chi connectivity index (χ2n) is 7.13. The molecule has 0 saturated heterocycles. The van der Waals surface area contributed by atoms with Gasteiger partial charge in [-0.1, -0.05) is 19.1 Å². The number of carboxylic acids is 1. The molecule has 160 valence electrons. The van der Waals surface area contributed by atoms with Crippen molar-refractivity contribution in [1.29, 1.82) is 0 Å². The Bertz CT molecular complexity index is 923. The van der Waals surface area contributed by atoms with Gasteiger partial charge < -0.3 is 9.84 Å². The van der Waals surface area contributed by atoms with Gasteiger partial charge in [0.15, 0.2) is 5.60 Å². The molecule has 0 spiro atoms. The van der Waals surface area contributed by atoms with Crippen molar-refractivity contribution in [2.75, 3.05) is 13.1 Å². The molecule has 1 aromatic carbocycles. The van der Waals surface area contributed by atoms with Crippen LogP contribution in [0, 0.1) is 0 Å². The quantitative estimate of drug-likeness (QED) is 0.476. The zero-order valence-electron chi connectivity index (χ0n) is 16.7.